The number of fused-ring (bicyclic) bond motifs is 1. The number of aliphatic carboxylic acids is 1. The number of nitrogens with zero attached hydrogens (tertiary/aromatic N) is 1. The van der Waals surface area contributed by atoms with Crippen molar-refractivity contribution in [1.82, 2.24) is 4.90 Å². The molecule has 1 heterocycles. The maximum atomic E-state index is 12.5. The highest BCUT2D eigenvalue weighted by atomic mass is 16.5. The largest absolute Gasteiger partial charge is 0.480 e. The number of carboxylic acid groups (broad SMARTS) is 1. The Hall–Kier alpha value is -2.47. The Morgan fingerprint density at radius 1 is 1.32 bits per heavy atom. The van der Waals surface area contributed by atoms with Crippen LogP contribution in [0.3, 0.4) is 0 Å². The van der Waals surface area contributed by atoms with Crippen molar-refractivity contribution >= 4 is 23.7 Å². The molecule has 2 aliphatic rings. The minimum absolute atomic E-state index is 0.0340. The van der Waals surface area contributed by atoms with E-state index >= 15 is 0 Å². The van der Waals surface area contributed by atoms with Gasteiger partial charge in [0.25, 0.3) is 0 Å². The molecular weight excluding hydrogens is 322 g/mol. The van der Waals surface area contributed by atoms with Crippen LogP contribution >= 0.6 is 0 Å². The zero-order valence-corrected chi connectivity index (χ0v) is 14.0. The van der Waals surface area contributed by atoms with Crippen LogP contribution in [0.15, 0.2) is 36.4 Å². The van der Waals surface area contributed by atoms with Crippen molar-refractivity contribution < 1.29 is 24.2 Å². The van der Waals surface area contributed by atoms with E-state index in [9.17, 15) is 19.5 Å². The molecule has 1 amide bonds. The zero-order valence-electron chi connectivity index (χ0n) is 14.0. The highest BCUT2D eigenvalue weighted by molar-refractivity contribution is 5.92. The molecule has 0 spiro atoms. The summed E-state index contributed by atoms with van der Waals surface area (Å²) in [5.41, 5.74) is 0.933. The molecule has 4 atom stereocenters. The predicted octanol–water partition coefficient (Wildman–Crippen LogP) is 1.61. The van der Waals surface area contributed by atoms with E-state index in [2.05, 4.69) is 0 Å². The number of hydrogen-bond acceptors (Lipinski definition) is 4. The molecule has 1 aromatic rings. The number of methoxy groups -OCH3 is 1. The molecule has 1 saturated carbocycles. The molecule has 1 aliphatic heterocycles. The Kier molecular flexibility index (Phi) is 4.99. The number of likely N-dealkylation sites (tertiary alicyclic amines) is 1. The van der Waals surface area contributed by atoms with Gasteiger partial charge in [-0.05, 0) is 12.0 Å². The third-order valence-electron chi connectivity index (χ3n) is 5.05. The summed E-state index contributed by atoms with van der Waals surface area (Å²) in [4.78, 5) is 38.0. The van der Waals surface area contributed by atoms with E-state index < -0.39 is 29.9 Å². The van der Waals surface area contributed by atoms with E-state index in [0.29, 0.717) is 12.8 Å². The molecule has 3 rings (SSSR count). The van der Waals surface area contributed by atoms with Gasteiger partial charge in [-0.3, -0.25) is 9.59 Å². The first-order chi connectivity index (χ1) is 12.0. The average molecular weight is 343 g/mol. The molecule has 1 aromatic carbocycles. The van der Waals surface area contributed by atoms with Gasteiger partial charge in [-0.2, -0.15) is 0 Å². The summed E-state index contributed by atoms with van der Waals surface area (Å²) in [5, 5.41) is 9.67. The van der Waals surface area contributed by atoms with Gasteiger partial charge in [0.15, 0.2) is 0 Å². The van der Waals surface area contributed by atoms with Crippen molar-refractivity contribution in [2.45, 2.75) is 24.9 Å². The smallest absolute Gasteiger partial charge is 0.326 e. The van der Waals surface area contributed by atoms with Crippen LogP contribution in [0.1, 0.15) is 18.4 Å². The molecule has 132 valence electrons. The van der Waals surface area contributed by atoms with Gasteiger partial charge >= 0.3 is 5.97 Å². The summed E-state index contributed by atoms with van der Waals surface area (Å²) in [6, 6.07) is 7.98. The number of rotatable bonds is 5. The van der Waals surface area contributed by atoms with Crippen molar-refractivity contribution in [1.29, 1.82) is 0 Å². The normalized spacial score (nSPS) is 28.5. The van der Waals surface area contributed by atoms with Crippen LogP contribution < -0.4 is 0 Å². The Morgan fingerprint density at radius 2 is 2.04 bits per heavy atom. The number of carboxylic acids is 1. The molecule has 2 fully saturated rings. The van der Waals surface area contributed by atoms with Crippen molar-refractivity contribution in [2.75, 3.05) is 13.7 Å². The lowest BCUT2D eigenvalue weighted by atomic mass is 9.89. The second kappa shape index (κ2) is 7.19. The lowest BCUT2D eigenvalue weighted by Crippen LogP contribution is -2.48. The van der Waals surface area contributed by atoms with Gasteiger partial charge in [0, 0.05) is 25.4 Å². The molecule has 1 aliphatic carbocycles. The summed E-state index contributed by atoms with van der Waals surface area (Å²) in [6.07, 6.45) is 4.51. The number of ketones is 1. The first kappa shape index (κ1) is 17.4. The topological polar surface area (TPSA) is 83.9 Å². The fourth-order valence-electron chi connectivity index (χ4n) is 4.06. The lowest BCUT2D eigenvalue weighted by molar-refractivity contribution is -0.152. The number of carbonyl (C=O) groups is 3. The van der Waals surface area contributed by atoms with E-state index in [-0.39, 0.29) is 18.3 Å². The summed E-state index contributed by atoms with van der Waals surface area (Å²) >= 11 is 0. The predicted molar refractivity (Wildman–Crippen MR) is 90.6 cm³/mol. The Labute approximate surface area is 146 Å². The maximum absolute atomic E-state index is 12.5. The number of hydrogen-bond donors (Lipinski definition) is 1. The number of carbonyl (C=O) groups excluding carboxylic acids is 2. The average Bonchev–Trinajstić information content (AvgIpc) is 3.12. The minimum atomic E-state index is -1.07. The third kappa shape index (κ3) is 3.22. The van der Waals surface area contributed by atoms with E-state index in [1.165, 1.54) is 12.0 Å². The monoisotopic (exact) mass is 343 g/mol. The van der Waals surface area contributed by atoms with Crippen LogP contribution in [0.2, 0.25) is 0 Å². The van der Waals surface area contributed by atoms with Gasteiger partial charge in [-0.25, -0.2) is 4.79 Å². The molecule has 0 radical (unpaired) electrons. The van der Waals surface area contributed by atoms with Gasteiger partial charge in [0.1, 0.15) is 18.4 Å². The quantitative estimate of drug-likeness (QED) is 0.878. The van der Waals surface area contributed by atoms with E-state index in [0.717, 1.165) is 5.56 Å². The molecule has 1 saturated heterocycles. The molecule has 1 N–H and O–H groups in total. The fraction of sp³-hybridized carbons (Fsp3) is 0.421. The maximum Gasteiger partial charge on any atom is 0.326 e. The number of ether oxygens (including phenoxy) is 1. The van der Waals surface area contributed by atoms with Gasteiger partial charge in [0.2, 0.25) is 5.91 Å². The van der Waals surface area contributed by atoms with E-state index in [1.54, 1.807) is 6.08 Å². The number of amides is 1. The van der Waals surface area contributed by atoms with Crippen LogP contribution in [-0.4, -0.2) is 53.5 Å². The van der Waals surface area contributed by atoms with Gasteiger partial charge < -0.3 is 14.7 Å². The molecule has 6 heteroatoms. The Morgan fingerprint density at radius 3 is 2.68 bits per heavy atom. The van der Waals surface area contributed by atoms with Crippen molar-refractivity contribution in [3.05, 3.63) is 42.0 Å². The second-order valence-corrected chi connectivity index (χ2v) is 6.47. The fourth-order valence-corrected chi connectivity index (χ4v) is 4.06. The third-order valence-corrected chi connectivity index (χ3v) is 5.05. The van der Waals surface area contributed by atoms with Crippen molar-refractivity contribution in [3.8, 4) is 0 Å². The van der Waals surface area contributed by atoms with Gasteiger partial charge in [-0.1, -0.05) is 42.5 Å². The molecule has 25 heavy (non-hydrogen) atoms. The second-order valence-electron chi connectivity index (χ2n) is 6.47. The number of benzene rings is 1. The Bertz CT molecular complexity index is 699. The molecule has 4 unspecified atom stereocenters. The summed E-state index contributed by atoms with van der Waals surface area (Å²) in [7, 11) is 1.39. The van der Waals surface area contributed by atoms with Crippen molar-refractivity contribution in [2.24, 2.45) is 11.8 Å². The van der Waals surface area contributed by atoms with Crippen molar-refractivity contribution in [3.63, 3.8) is 0 Å². The summed E-state index contributed by atoms with van der Waals surface area (Å²) in [5.74, 6) is -2.23. The highest BCUT2D eigenvalue weighted by Gasteiger charge is 2.57. The summed E-state index contributed by atoms with van der Waals surface area (Å²) < 4.78 is 4.91. The van der Waals surface area contributed by atoms with Gasteiger partial charge in [-0.15, -0.1) is 0 Å². The van der Waals surface area contributed by atoms with Crippen LogP contribution in [0.25, 0.3) is 6.08 Å². The zero-order chi connectivity index (χ0) is 18.0. The standard InChI is InChI=1S/C19H21NO5/c1-25-11-16(22)20-14(9-7-12-5-3-2-4-6-12)17-13(8-10-15(17)21)18(20)19(23)24/h2-7,9,13-14,17-18H,8,10-11H2,1H3,(H,23,24). The minimum Gasteiger partial charge on any atom is -0.480 e. The van der Waals surface area contributed by atoms with E-state index in [4.69, 9.17) is 4.74 Å². The van der Waals surface area contributed by atoms with Crippen LogP contribution in [0.4, 0.5) is 0 Å². The van der Waals surface area contributed by atoms with Crippen LogP contribution in [0.5, 0.6) is 0 Å². The summed E-state index contributed by atoms with van der Waals surface area (Å²) in [6.45, 7) is -0.201. The molecule has 6 nitrogen and oxygen atoms in total. The highest BCUT2D eigenvalue weighted by Crippen LogP contribution is 2.45. The van der Waals surface area contributed by atoms with Gasteiger partial charge in [0.05, 0.1) is 6.04 Å². The first-order valence-electron chi connectivity index (χ1n) is 8.33. The van der Waals surface area contributed by atoms with Crippen LogP contribution in [0, 0.1) is 11.8 Å². The first-order valence-corrected chi connectivity index (χ1v) is 8.33. The molecule has 0 bridgehead atoms. The SMILES string of the molecule is COCC(=O)N1C(C=Cc2ccccc2)C2C(=O)CCC2C1C(=O)O. The van der Waals surface area contributed by atoms with E-state index in [1.807, 2.05) is 36.4 Å². The number of Topliss-reactive ketones (excluding diaryl/α,β-unsaturated/α-hetero) is 1. The lowest BCUT2D eigenvalue weighted by Gasteiger charge is -2.28. The molecule has 0 aromatic heterocycles. The molecular formula is C19H21NO5. The van der Waals surface area contributed by atoms with Crippen LogP contribution in [-0.2, 0) is 19.1 Å². The Balaban J connectivity index is 1.97.